The largest absolute Gasteiger partial charge is 0.331 e. The molecule has 0 aliphatic carbocycles. The minimum Gasteiger partial charge on any atom is -0.331 e. The van der Waals surface area contributed by atoms with Crippen LogP contribution in [0.5, 0.6) is 0 Å². The number of carbonyl (C=O) groups excluding carboxylic acids is 1. The number of hydrogen-bond donors (Lipinski definition) is 1. The molecule has 1 aromatic carbocycles. The molecule has 0 aliphatic heterocycles. The predicted octanol–water partition coefficient (Wildman–Crippen LogP) is 3.00. The Morgan fingerprint density at radius 1 is 1.47 bits per heavy atom. The van der Waals surface area contributed by atoms with Gasteiger partial charge in [-0.25, -0.2) is 4.79 Å². The van der Waals surface area contributed by atoms with Crippen molar-refractivity contribution in [1.82, 2.24) is 4.90 Å². The monoisotopic (exact) mass is 226 g/mol. The van der Waals surface area contributed by atoms with E-state index in [-0.39, 0.29) is 6.03 Å². The van der Waals surface area contributed by atoms with E-state index < -0.39 is 0 Å². The van der Waals surface area contributed by atoms with Crippen molar-refractivity contribution >= 4 is 23.3 Å². The van der Waals surface area contributed by atoms with Gasteiger partial charge in [0, 0.05) is 24.8 Å². The van der Waals surface area contributed by atoms with Crippen LogP contribution in [0.2, 0.25) is 5.02 Å². The summed E-state index contributed by atoms with van der Waals surface area (Å²) in [5.74, 6) is 0. The molecule has 0 bridgehead atoms. The van der Waals surface area contributed by atoms with Gasteiger partial charge < -0.3 is 10.2 Å². The van der Waals surface area contributed by atoms with Gasteiger partial charge in [-0.3, -0.25) is 0 Å². The van der Waals surface area contributed by atoms with Gasteiger partial charge in [-0.15, -0.1) is 0 Å². The third kappa shape index (κ3) is 2.86. The summed E-state index contributed by atoms with van der Waals surface area (Å²) in [5.41, 5.74) is 1.75. The first kappa shape index (κ1) is 11.9. The molecular formula is C11H15ClN2O. The van der Waals surface area contributed by atoms with Crippen molar-refractivity contribution in [3.63, 3.8) is 0 Å². The first-order chi connectivity index (χ1) is 7.06. The zero-order valence-corrected chi connectivity index (χ0v) is 9.93. The number of rotatable bonds is 2. The lowest BCUT2D eigenvalue weighted by molar-refractivity contribution is 0.230. The van der Waals surface area contributed by atoms with Gasteiger partial charge in [0.15, 0.2) is 0 Å². The molecule has 0 spiro atoms. The second-order valence-corrected chi connectivity index (χ2v) is 3.85. The highest BCUT2D eigenvalue weighted by molar-refractivity contribution is 6.31. The Hall–Kier alpha value is -1.22. The van der Waals surface area contributed by atoms with Gasteiger partial charge in [0.2, 0.25) is 0 Å². The van der Waals surface area contributed by atoms with Gasteiger partial charge in [0.1, 0.15) is 0 Å². The van der Waals surface area contributed by atoms with E-state index in [0.29, 0.717) is 5.02 Å². The third-order valence-electron chi connectivity index (χ3n) is 2.12. The zero-order chi connectivity index (χ0) is 11.4. The van der Waals surface area contributed by atoms with Crippen molar-refractivity contribution in [1.29, 1.82) is 0 Å². The van der Waals surface area contributed by atoms with E-state index in [1.165, 1.54) is 4.90 Å². The minimum atomic E-state index is -0.146. The highest BCUT2D eigenvalue weighted by Gasteiger charge is 2.09. The van der Waals surface area contributed by atoms with Crippen LogP contribution in [0.15, 0.2) is 18.2 Å². The standard InChI is InChI=1S/C11H15ClN2O/c1-4-8-9(12)6-5-7-10(8)13-11(15)14(2)3/h5-7H,4H2,1-3H3,(H,13,15). The predicted molar refractivity (Wildman–Crippen MR) is 63.5 cm³/mol. The molecular weight excluding hydrogens is 212 g/mol. The molecule has 3 nitrogen and oxygen atoms in total. The molecule has 0 aromatic heterocycles. The van der Waals surface area contributed by atoms with Gasteiger partial charge in [0.25, 0.3) is 0 Å². The summed E-state index contributed by atoms with van der Waals surface area (Å²) in [4.78, 5) is 12.9. The number of benzene rings is 1. The van der Waals surface area contributed by atoms with E-state index in [1.807, 2.05) is 25.1 Å². The Labute approximate surface area is 95.0 Å². The smallest absolute Gasteiger partial charge is 0.321 e. The van der Waals surface area contributed by atoms with Crippen LogP contribution in [0.3, 0.4) is 0 Å². The van der Waals surface area contributed by atoms with Crippen LogP contribution in [-0.4, -0.2) is 25.0 Å². The summed E-state index contributed by atoms with van der Waals surface area (Å²) < 4.78 is 0. The molecule has 82 valence electrons. The lowest BCUT2D eigenvalue weighted by Crippen LogP contribution is -2.27. The molecule has 2 amide bonds. The van der Waals surface area contributed by atoms with E-state index in [4.69, 9.17) is 11.6 Å². The number of amides is 2. The average Bonchev–Trinajstić information content (AvgIpc) is 2.18. The topological polar surface area (TPSA) is 32.3 Å². The fourth-order valence-corrected chi connectivity index (χ4v) is 1.57. The molecule has 0 radical (unpaired) electrons. The third-order valence-corrected chi connectivity index (χ3v) is 2.47. The average molecular weight is 227 g/mol. The van der Waals surface area contributed by atoms with Crippen molar-refractivity contribution in [2.75, 3.05) is 19.4 Å². The van der Waals surface area contributed by atoms with Crippen LogP contribution in [0.4, 0.5) is 10.5 Å². The van der Waals surface area contributed by atoms with Crippen molar-refractivity contribution in [3.05, 3.63) is 28.8 Å². The van der Waals surface area contributed by atoms with E-state index >= 15 is 0 Å². The Bertz CT molecular complexity index is 364. The summed E-state index contributed by atoms with van der Waals surface area (Å²) in [7, 11) is 3.40. The number of anilines is 1. The SMILES string of the molecule is CCc1c(Cl)cccc1NC(=O)N(C)C. The first-order valence-electron chi connectivity index (χ1n) is 4.82. The second-order valence-electron chi connectivity index (χ2n) is 3.44. The van der Waals surface area contributed by atoms with Crippen LogP contribution in [0, 0.1) is 0 Å². The Kier molecular flexibility index (Phi) is 3.97. The molecule has 1 rings (SSSR count). The van der Waals surface area contributed by atoms with E-state index in [9.17, 15) is 4.79 Å². The summed E-state index contributed by atoms with van der Waals surface area (Å²) in [6.07, 6.45) is 0.794. The molecule has 0 fully saturated rings. The highest BCUT2D eigenvalue weighted by atomic mass is 35.5. The van der Waals surface area contributed by atoms with Crippen molar-refractivity contribution < 1.29 is 4.79 Å². The summed E-state index contributed by atoms with van der Waals surface area (Å²) >= 11 is 6.03. The summed E-state index contributed by atoms with van der Waals surface area (Å²) in [6, 6.07) is 5.36. The Morgan fingerprint density at radius 3 is 2.67 bits per heavy atom. The molecule has 4 heteroatoms. The summed E-state index contributed by atoms with van der Waals surface area (Å²) in [6.45, 7) is 2.01. The van der Waals surface area contributed by atoms with Gasteiger partial charge in [-0.1, -0.05) is 24.6 Å². The van der Waals surface area contributed by atoms with E-state index in [1.54, 1.807) is 14.1 Å². The van der Waals surface area contributed by atoms with Crippen LogP contribution in [0.25, 0.3) is 0 Å². The lowest BCUT2D eigenvalue weighted by atomic mass is 10.1. The second kappa shape index (κ2) is 5.03. The van der Waals surface area contributed by atoms with Gasteiger partial charge in [0.05, 0.1) is 0 Å². The van der Waals surface area contributed by atoms with Crippen molar-refractivity contribution in [2.24, 2.45) is 0 Å². The van der Waals surface area contributed by atoms with Crippen molar-refractivity contribution in [2.45, 2.75) is 13.3 Å². The lowest BCUT2D eigenvalue weighted by Gasteiger charge is -2.15. The van der Waals surface area contributed by atoms with Gasteiger partial charge >= 0.3 is 6.03 Å². The molecule has 1 aromatic rings. The fraction of sp³-hybridized carbons (Fsp3) is 0.364. The molecule has 0 atom stereocenters. The quantitative estimate of drug-likeness (QED) is 0.826. The number of nitrogens with zero attached hydrogens (tertiary/aromatic N) is 1. The normalized spacial score (nSPS) is 9.87. The maximum atomic E-state index is 11.5. The molecule has 0 heterocycles. The van der Waals surface area contributed by atoms with Crippen LogP contribution in [0.1, 0.15) is 12.5 Å². The fourth-order valence-electron chi connectivity index (χ4n) is 1.26. The molecule has 0 aliphatic rings. The molecule has 0 unspecified atom stereocenters. The van der Waals surface area contributed by atoms with Gasteiger partial charge in [-0.05, 0) is 24.1 Å². The maximum absolute atomic E-state index is 11.5. The number of urea groups is 1. The molecule has 15 heavy (non-hydrogen) atoms. The summed E-state index contributed by atoms with van der Waals surface area (Å²) in [5, 5.41) is 3.49. The number of halogens is 1. The van der Waals surface area contributed by atoms with Gasteiger partial charge in [-0.2, -0.15) is 0 Å². The highest BCUT2D eigenvalue weighted by Crippen LogP contribution is 2.24. The first-order valence-corrected chi connectivity index (χ1v) is 5.19. The molecule has 0 saturated heterocycles. The molecule has 1 N–H and O–H groups in total. The zero-order valence-electron chi connectivity index (χ0n) is 9.17. The van der Waals surface area contributed by atoms with Crippen LogP contribution in [-0.2, 0) is 6.42 Å². The van der Waals surface area contributed by atoms with Crippen LogP contribution < -0.4 is 5.32 Å². The van der Waals surface area contributed by atoms with Crippen LogP contribution >= 0.6 is 11.6 Å². The molecule has 0 saturated carbocycles. The maximum Gasteiger partial charge on any atom is 0.321 e. The number of nitrogens with one attached hydrogen (secondary N) is 1. The minimum absolute atomic E-state index is 0.146. The van der Waals surface area contributed by atoms with E-state index in [0.717, 1.165) is 17.7 Å². The number of carbonyl (C=O) groups is 1. The van der Waals surface area contributed by atoms with Crippen molar-refractivity contribution in [3.8, 4) is 0 Å². The Morgan fingerprint density at radius 2 is 2.13 bits per heavy atom. The Balaban J connectivity index is 2.94. The number of hydrogen-bond acceptors (Lipinski definition) is 1. The van der Waals surface area contributed by atoms with E-state index in [2.05, 4.69) is 5.32 Å².